The number of ether oxygens (including phenoxy) is 1. The van der Waals surface area contributed by atoms with E-state index >= 15 is 0 Å². The zero-order chi connectivity index (χ0) is 22.8. The lowest BCUT2D eigenvalue weighted by molar-refractivity contribution is -0.136. The highest BCUT2D eigenvalue weighted by atomic mass is 19.1. The van der Waals surface area contributed by atoms with E-state index in [0.717, 1.165) is 6.42 Å². The van der Waals surface area contributed by atoms with Gasteiger partial charge in [-0.1, -0.05) is 13.8 Å². The summed E-state index contributed by atoms with van der Waals surface area (Å²) < 4.78 is 18.0. The van der Waals surface area contributed by atoms with E-state index in [-0.39, 0.29) is 17.7 Å². The number of carbonyl (C=O) groups is 3. The Morgan fingerprint density at radius 2 is 1.74 bits per heavy atom. The van der Waals surface area contributed by atoms with Gasteiger partial charge in [0.25, 0.3) is 5.91 Å². The van der Waals surface area contributed by atoms with Gasteiger partial charge in [0.15, 0.2) is 0 Å². The number of carbonyl (C=O) groups excluding carboxylic acids is 3. The summed E-state index contributed by atoms with van der Waals surface area (Å²) in [7, 11) is 1.63. The molecule has 1 fully saturated rings. The molecule has 172 valence electrons. The molecule has 2 rings (SSSR count). The Morgan fingerprint density at radius 1 is 1.10 bits per heavy atom. The number of nitrogens with one attached hydrogen (secondary N) is 2. The normalized spacial score (nSPS) is 15.6. The third-order valence-electron chi connectivity index (χ3n) is 5.22. The van der Waals surface area contributed by atoms with Crippen LogP contribution in [0.25, 0.3) is 0 Å². The number of rotatable bonds is 10. The van der Waals surface area contributed by atoms with Gasteiger partial charge in [-0.2, -0.15) is 0 Å². The van der Waals surface area contributed by atoms with Gasteiger partial charge >= 0.3 is 0 Å². The second-order valence-corrected chi connectivity index (χ2v) is 8.00. The van der Waals surface area contributed by atoms with Gasteiger partial charge in [0.05, 0.1) is 6.54 Å². The van der Waals surface area contributed by atoms with Crippen LogP contribution in [0.4, 0.5) is 4.39 Å². The Kier molecular flexibility index (Phi) is 9.87. The minimum atomic E-state index is -0.673. The summed E-state index contributed by atoms with van der Waals surface area (Å²) in [6.07, 6.45) is 0.769. The van der Waals surface area contributed by atoms with Crippen molar-refractivity contribution in [1.29, 1.82) is 0 Å². The molecule has 3 amide bonds. The lowest BCUT2D eigenvalue weighted by atomic mass is 10.0. The van der Waals surface area contributed by atoms with E-state index in [1.807, 2.05) is 18.7 Å². The highest BCUT2D eigenvalue weighted by Crippen LogP contribution is 2.11. The van der Waals surface area contributed by atoms with Crippen LogP contribution < -0.4 is 10.6 Å². The van der Waals surface area contributed by atoms with Crippen molar-refractivity contribution in [3.63, 3.8) is 0 Å². The molecule has 1 aromatic rings. The molecule has 8 nitrogen and oxygen atoms in total. The third kappa shape index (κ3) is 7.91. The zero-order valence-corrected chi connectivity index (χ0v) is 18.5. The van der Waals surface area contributed by atoms with Crippen molar-refractivity contribution < 1.29 is 23.5 Å². The van der Waals surface area contributed by atoms with E-state index < -0.39 is 17.8 Å². The molecular formula is C22H33FN4O4. The summed E-state index contributed by atoms with van der Waals surface area (Å²) in [4.78, 5) is 41.3. The maximum Gasteiger partial charge on any atom is 0.251 e. The molecule has 1 aliphatic rings. The maximum atomic E-state index is 13.1. The Morgan fingerprint density at radius 3 is 2.32 bits per heavy atom. The van der Waals surface area contributed by atoms with Crippen molar-refractivity contribution in [1.82, 2.24) is 20.4 Å². The second kappa shape index (κ2) is 12.4. The average molecular weight is 437 g/mol. The fraction of sp³-hybridized carbons (Fsp3) is 0.591. The van der Waals surface area contributed by atoms with Gasteiger partial charge in [-0.15, -0.1) is 0 Å². The Bertz CT molecular complexity index is 734. The third-order valence-corrected chi connectivity index (χ3v) is 5.22. The summed E-state index contributed by atoms with van der Waals surface area (Å²) in [5.74, 6) is -1.12. The summed E-state index contributed by atoms with van der Waals surface area (Å²) in [5, 5.41) is 5.65. The topological polar surface area (TPSA) is 91.0 Å². The molecule has 1 atom stereocenters. The van der Waals surface area contributed by atoms with Crippen LogP contribution in [0.2, 0.25) is 0 Å². The molecule has 0 spiro atoms. The van der Waals surface area contributed by atoms with Crippen molar-refractivity contribution in [2.75, 3.05) is 53.0 Å². The zero-order valence-electron chi connectivity index (χ0n) is 18.5. The van der Waals surface area contributed by atoms with Crippen molar-refractivity contribution in [2.45, 2.75) is 26.3 Å². The van der Waals surface area contributed by atoms with Crippen LogP contribution in [-0.2, 0) is 14.3 Å². The van der Waals surface area contributed by atoms with E-state index in [1.54, 1.807) is 12.0 Å². The fourth-order valence-electron chi connectivity index (χ4n) is 3.37. The maximum absolute atomic E-state index is 13.1. The molecule has 1 aromatic carbocycles. The predicted molar refractivity (Wildman–Crippen MR) is 115 cm³/mol. The first kappa shape index (κ1) is 24.7. The van der Waals surface area contributed by atoms with Crippen LogP contribution in [-0.4, -0.2) is 86.5 Å². The molecule has 1 aliphatic heterocycles. The lowest BCUT2D eigenvalue weighted by Gasteiger charge is -2.37. The first-order chi connectivity index (χ1) is 14.8. The molecule has 0 saturated carbocycles. The number of halogens is 1. The first-order valence-corrected chi connectivity index (χ1v) is 10.6. The van der Waals surface area contributed by atoms with Crippen LogP contribution in [0, 0.1) is 11.7 Å². The molecule has 9 heteroatoms. The highest BCUT2D eigenvalue weighted by Gasteiger charge is 2.31. The van der Waals surface area contributed by atoms with E-state index in [1.165, 1.54) is 24.3 Å². The number of hydrogen-bond donors (Lipinski definition) is 2. The predicted octanol–water partition coefficient (Wildman–Crippen LogP) is 0.877. The van der Waals surface area contributed by atoms with Crippen molar-refractivity contribution >= 4 is 17.7 Å². The van der Waals surface area contributed by atoms with Gasteiger partial charge in [0.2, 0.25) is 11.8 Å². The number of amides is 3. The van der Waals surface area contributed by atoms with Crippen molar-refractivity contribution in [3.05, 3.63) is 35.6 Å². The lowest BCUT2D eigenvalue weighted by Crippen LogP contribution is -2.57. The number of nitrogens with zero attached hydrogens (tertiary/aromatic N) is 2. The van der Waals surface area contributed by atoms with Gasteiger partial charge in [-0.3, -0.25) is 19.3 Å². The summed E-state index contributed by atoms with van der Waals surface area (Å²) in [5.41, 5.74) is 0.307. The van der Waals surface area contributed by atoms with Crippen molar-refractivity contribution in [2.24, 2.45) is 5.92 Å². The first-order valence-electron chi connectivity index (χ1n) is 10.6. The minimum Gasteiger partial charge on any atom is -0.385 e. The van der Waals surface area contributed by atoms with Crippen LogP contribution in [0.1, 0.15) is 30.6 Å². The quantitative estimate of drug-likeness (QED) is 0.532. The molecule has 31 heavy (non-hydrogen) atoms. The SMILES string of the molecule is COCCCNC(=O)CN1CCN(C(=O)C(NC(=O)c2ccc(F)cc2)C(C)C)CC1. The fourth-order valence-corrected chi connectivity index (χ4v) is 3.37. The Labute approximate surface area is 183 Å². The highest BCUT2D eigenvalue weighted by molar-refractivity contribution is 5.97. The summed E-state index contributed by atoms with van der Waals surface area (Å²) >= 11 is 0. The van der Waals surface area contributed by atoms with Gasteiger partial charge in [0.1, 0.15) is 11.9 Å². The number of benzene rings is 1. The van der Waals surface area contributed by atoms with Gasteiger partial charge in [-0.25, -0.2) is 4.39 Å². The van der Waals surface area contributed by atoms with E-state index in [4.69, 9.17) is 4.74 Å². The largest absolute Gasteiger partial charge is 0.385 e. The van der Waals surface area contributed by atoms with Gasteiger partial charge < -0.3 is 20.3 Å². The summed E-state index contributed by atoms with van der Waals surface area (Å²) in [6.45, 7) is 7.39. The molecule has 2 N–H and O–H groups in total. The molecule has 0 radical (unpaired) electrons. The van der Waals surface area contributed by atoms with Gasteiger partial charge in [0, 0.05) is 52.0 Å². The van der Waals surface area contributed by atoms with Gasteiger partial charge in [-0.05, 0) is 36.6 Å². The standard InChI is InChI=1S/C22H33FN4O4/c1-16(2)20(25-21(29)17-5-7-18(23)8-6-17)22(30)27-12-10-26(11-13-27)15-19(28)24-9-4-14-31-3/h5-8,16,20H,4,9-15H2,1-3H3,(H,24,28)(H,25,29). The number of hydrogen-bond acceptors (Lipinski definition) is 5. The Hall–Kier alpha value is -2.52. The molecule has 0 aromatic heterocycles. The van der Waals surface area contributed by atoms with E-state index in [9.17, 15) is 18.8 Å². The molecule has 0 aliphatic carbocycles. The molecular weight excluding hydrogens is 403 g/mol. The molecule has 1 heterocycles. The minimum absolute atomic E-state index is 0.0394. The average Bonchev–Trinajstić information content (AvgIpc) is 2.75. The summed E-state index contributed by atoms with van der Waals surface area (Å²) in [6, 6.07) is 4.55. The smallest absolute Gasteiger partial charge is 0.251 e. The number of methoxy groups -OCH3 is 1. The second-order valence-electron chi connectivity index (χ2n) is 8.00. The van der Waals surface area contributed by atoms with Crippen LogP contribution in [0.5, 0.6) is 0 Å². The van der Waals surface area contributed by atoms with Crippen LogP contribution >= 0.6 is 0 Å². The van der Waals surface area contributed by atoms with Crippen molar-refractivity contribution in [3.8, 4) is 0 Å². The Balaban J connectivity index is 1.83. The molecule has 1 unspecified atom stereocenters. The van der Waals surface area contributed by atoms with E-state index in [2.05, 4.69) is 10.6 Å². The van der Waals surface area contributed by atoms with Crippen LogP contribution in [0.15, 0.2) is 24.3 Å². The van der Waals surface area contributed by atoms with Crippen LogP contribution in [0.3, 0.4) is 0 Å². The number of piperazine rings is 1. The monoisotopic (exact) mass is 436 g/mol. The van der Waals surface area contributed by atoms with E-state index in [0.29, 0.717) is 51.4 Å². The molecule has 1 saturated heterocycles. The molecule has 0 bridgehead atoms.